The van der Waals surface area contributed by atoms with Crippen molar-refractivity contribution in [3.63, 3.8) is 0 Å². The summed E-state index contributed by atoms with van der Waals surface area (Å²) in [4.78, 5) is 21.7. The van der Waals surface area contributed by atoms with Gasteiger partial charge >= 0.3 is 0 Å². The normalized spacial score (nSPS) is 18.1. The molecule has 0 unspecified atom stereocenters. The fourth-order valence-electron chi connectivity index (χ4n) is 2.97. The van der Waals surface area contributed by atoms with Crippen molar-refractivity contribution in [2.75, 3.05) is 36.0 Å². The summed E-state index contributed by atoms with van der Waals surface area (Å²) in [5.74, 6) is 2.12. The minimum Gasteiger partial charge on any atom is -0.351 e. The summed E-state index contributed by atoms with van der Waals surface area (Å²) in [6.07, 6.45) is 5.88. The lowest BCUT2D eigenvalue weighted by Gasteiger charge is -2.35. The van der Waals surface area contributed by atoms with Gasteiger partial charge in [-0.2, -0.15) is 0 Å². The molecule has 2 aliphatic rings. The van der Waals surface area contributed by atoms with Gasteiger partial charge in [-0.15, -0.1) is 0 Å². The molecule has 0 amide bonds. The summed E-state index contributed by atoms with van der Waals surface area (Å²) < 4.78 is 14.5. The maximum atomic E-state index is 14.5. The van der Waals surface area contributed by atoms with Crippen LogP contribution in [0.3, 0.4) is 0 Å². The average molecular weight is 328 g/mol. The number of hydrogen-bond donors (Lipinski definition) is 0. The molecule has 4 rings (SSSR count). The van der Waals surface area contributed by atoms with Crippen LogP contribution in [0.25, 0.3) is 0 Å². The lowest BCUT2D eigenvalue weighted by Crippen LogP contribution is -2.47. The van der Waals surface area contributed by atoms with Crippen LogP contribution >= 0.6 is 0 Å². The molecule has 0 N–H and O–H groups in total. The predicted octanol–water partition coefficient (Wildman–Crippen LogP) is 2.23. The van der Waals surface area contributed by atoms with Crippen molar-refractivity contribution in [1.29, 1.82) is 0 Å². The molecular formula is C17H21FN6. The Morgan fingerprint density at radius 1 is 0.958 bits per heavy atom. The lowest BCUT2D eigenvalue weighted by molar-refractivity contribution is 0.567. The zero-order valence-electron chi connectivity index (χ0n) is 14.0. The second kappa shape index (κ2) is 5.96. The van der Waals surface area contributed by atoms with Crippen molar-refractivity contribution in [3.8, 4) is 0 Å². The zero-order valence-corrected chi connectivity index (χ0v) is 14.0. The van der Waals surface area contributed by atoms with Crippen LogP contribution in [-0.2, 0) is 0 Å². The first-order valence-corrected chi connectivity index (χ1v) is 8.44. The molecule has 2 aromatic rings. The number of hydrogen-bond acceptors (Lipinski definition) is 6. The van der Waals surface area contributed by atoms with Crippen molar-refractivity contribution in [1.82, 2.24) is 19.9 Å². The van der Waals surface area contributed by atoms with Gasteiger partial charge in [0, 0.05) is 44.5 Å². The lowest BCUT2D eigenvalue weighted by atomic mass is 10.2. The van der Waals surface area contributed by atoms with E-state index >= 15 is 0 Å². The van der Waals surface area contributed by atoms with E-state index in [9.17, 15) is 4.39 Å². The van der Waals surface area contributed by atoms with Gasteiger partial charge in [0.15, 0.2) is 11.6 Å². The third-order valence-corrected chi connectivity index (χ3v) is 4.59. The summed E-state index contributed by atoms with van der Waals surface area (Å²) in [6.45, 7) is 6.61. The smallest absolute Gasteiger partial charge is 0.225 e. The molecule has 2 fully saturated rings. The largest absolute Gasteiger partial charge is 0.351 e. The molecule has 0 atom stereocenters. The molecule has 6 nitrogen and oxygen atoms in total. The van der Waals surface area contributed by atoms with E-state index in [2.05, 4.69) is 24.8 Å². The molecule has 1 aliphatic carbocycles. The Labute approximate surface area is 140 Å². The minimum atomic E-state index is -0.292. The summed E-state index contributed by atoms with van der Waals surface area (Å²) >= 11 is 0. The van der Waals surface area contributed by atoms with Gasteiger partial charge in [0.05, 0.1) is 5.69 Å². The molecule has 1 aliphatic heterocycles. The van der Waals surface area contributed by atoms with Gasteiger partial charge in [-0.05, 0) is 32.3 Å². The topological polar surface area (TPSA) is 58.0 Å². The van der Waals surface area contributed by atoms with E-state index in [0.29, 0.717) is 30.5 Å². The molecule has 7 heteroatoms. The molecule has 0 bridgehead atoms. The van der Waals surface area contributed by atoms with Crippen LogP contribution < -0.4 is 9.80 Å². The van der Waals surface area contributed by atoms with Crippen molar-refractivity contribution in [3.05, 3.63) is 35.3 Å². The van der Waals surface area contributed by atoms with E-state index in [-0.39, 0.29) is 5.82 Å². The van der Waals surface area contributed by atoms with Crippen LogP contribution in [0, 0.1) is 19.7 Å². The van der Waals surface area contributed by atoms with E-state index in [1.165, 1.54) is 0 Å². The molecule has 126 valence electrons. The van der Waals surface area contributed by atoms with Crippen molar-refractivity contribution >= 4 is 11.8 Å². The van der Waals surface area contributed by atoms with Gasteiger partial charge < -0.3 is 9.80 Å². The van der Waals surface area contributed by atoms with Crippen molar-refractivity contribution in [2.45, 2.75) is 32.6 Å². The van der Waals surface area contributed by atoms with E-state index in [0.717, 1.165) is 43.3 Å². The van der Waals surface area contributed by atoms with Crippen LogP contribution in [0.4, 0.5) is 16.2 Å². The third kappa shape index (κ3) is 2.90. The number of anilines is 2. The molecule has 1 saturated carbocycles. The Balaban J connectivity index is 1.50. The Bertz CT molecular complexity index is 735. The Morgan fingerprint density at radius 3 is 2.21 bits per heavy atom. The Morgan fingerprint density at radius 2 is 1.58 bits per heavy atom. The number of halogens is 1. The summed E-state index contributed by atoms with van der Waals surface area (Å²) in [5.41, 5.74) is 1.50. The van der Waals surface area contributed by atoms with Crippen LogP contribution in [-0.4, -0.2) is 46.1 Å². The van der Waals surface area contributed by atoms with E-state index in [1.54, 1.807) is 6.92 Å². The van der Waals surface area contributed by atoms with Crippen LogP contribution in [0.5, 0.6) is 0 Å². The first-order chi connectivity index (χ1) is 11.6. The highest BCUT2D eigenvalue weighted by Gasteiger charge is 2.30. The van der Waals surface area contributed by atoms with E-state index in [1.807, 2.05) is 24.2 Å². The van der Waals surface area contributed by atoms with Crippen molar-refractivity contribution in [2.24, 2.45) is 0 Å². The fourth-order valence-corrected chi connectivity index (χ4v) is 2.97. The highest BCUT2D eigenvalue weighted by molar-refractivity contribution is 5.45. The Kier molecular flexibility index (Phi) is 3.78. The van der Waals surface area contributed by atoms with Gasteiger partial charge in [0.1, 0.15) is 5.82 Å². The molecule has 3 heterocycles. The van der Waals surface area contributed by atoms with Crippen LogP contribution in [0.2, 0.25) is 0 Å². The number of aromatic nitrogens is 4. The van der Waals surface area contributed by atoms with Gasteiger partial charge in [0.2, 0.25) is 5.95 Å². The second-order valence-electron chi connectivity index (χ2n) is 6.61. The molecule has 1 saturated heterocycles. The van der Waals surface area contributed by atoms with Crippen molar-refractivity contribution < 1.29 is 4.39 Å². The highest BCUT2D eigenvalue weighted by atomic mass is 19.1. The van der Waals surface area contributed by atoms with Crippen LogP contribution in [0.15, 0.2) is 12.4 Å². The summed E-state index contributed by atoms with van der Waals surface area (Å²) in [6, 6.07) is 0. The quantitative estimate of drug-likeness (QED) is 0.861. The summed E-state index contributed by atoms with van der Waals surface area (Å²) in [5, 5.41) is 0. The standard InChI is InChI=1S/C17H21FN6/c1-11-9-19-17(20-10-11)24-7-5-23(6-8-24)16-14(18)12(2)21-15(22-16)13-3-4-13/h9-10,13H,3-8H2,1-2H3. The molecular weight excluding hydrogens is 307 g/mol. The van der Waals surface area contributed by atoms with Gasteiger partial charge in [-0.25, -0.2) is 24.3 Å². The van der Waals surface area contributed by atoms with Gasteiger partial charge in [0.25, 0.3) is 0 Å². The van der Waals surface area contributed by atoms with Gasteiger partial charge in [-0.3, -0.25) is 0 Å². The molecule has 24 heavy (non-hydrogen) atoms. The maximum absolute atomic E-state index is 14.5. The van der Waals surface area contributed by atoms with E-state index < -0.39 is 0 Å². The number of nitrogens with zero attached hydrogens (tertiary/aromatic N) is 6. The summed E-state index contributed by atoms with van der Waals surface area (Å²) in [7, 11) is 0. The predicted molar refractivity (Wildman–Crippen MR) is 89.9 cm³/mol. The van der Waals surface area contributed by atoms with Gasteiger partial charge in [-0.1, -0.05) is 0 Å². The minimum absolute atomic E-state index is 0.292. The number of rotatable bonds is 3. The first-order valence-electron chi connectivity index (χ1n) is 8.44. The Hall–Kier alpha value is -2.31. The molecule has 0 radical (unpaired) electrons. The van der Waals surface area contributed by atoms with E-state index in [4.69, 9.17) is 0 Å². The number of piperazine rings is 1. The molecule has 0 aromatic carbocycles. The van der Waals surface area contributed by atoms with Crippen LogP contribution in [0.1, 0.15) is 35.8 Å². The molecule has 2 aromatic heterocycles. The SMILES string of the molecule is Cc1cnc(N2CCN(c3nc(C4CC4)nc(C)c3F)CC2)nc1. The zero-order chi connectivity index (χ0) is 16.7. The first kappa shape index (κ1) is 15.2. The average Bonchev–Trinajstić information content (AvgIpc) is 3.43. The highest BCUT2D eigenvalue weighted by Crippen LogP contribution is 2.39. The maximum Gasteiger partial charge on any atom is 0.225 e. The third-order valence-electron chi connectivity index (χ3n) is 4.59. The fraction of sp³-hybridized carbons (Fsp3) is 0.529. The molecule has 0 spiro atoms. The number of aryl methyl sites for hydroxylation is 2. The second-order valence-corrected chi connectivity index (χ2v) is 6.61. The monoisotopic (exact) mass is 328 g/mol.